The van der Waals surface area contributed by atoms with Crippen molar-refractivity contribution in [3.63, 3.8) is 0 Å². The molecule has 0 saturated heterocycles. The fourth-order valence-corrected chi connectivity index (χ4v) is 4.50. The maximum absolute atomic E-state index is 4.29. The molecule has 0 aliphatic heterocycles. The van der Waals surface area contributed by atoms with Gasteiger partial charge < -0.3 is 4.57 Å². The van der Waals surface area contributed by atoms with Gasteiger partial charge in [-0.05, 0) is 88.5 Å². The maximum Gasteiger partial charge on any atom is 0.113 e. The number of hydrogen-bond donors (Lipinski definition) is 0. The molecule has 0 fully saturated rings. The van der Waals surface area contributed by atoms with Gasteiger partial charge in [-0.15, -0.1) is 0 Å². The molecule has 5 aromatic rings. The topological polar surface area (TPSA) is 17.8 Å². The second kappa shape index (κ2) is 8.43. The van der Waals surface area contributed by atoms with Crippen LogP contribution in [0.5, 0.6) is 0 Å². The highest BCUT2D eigenvalue weighted by atomic mass is 15.0. The summed E-state index contributed by atoms with van der Waals surface area (Å²) in [5.41, 5.74) is 8.25. The largest absolute Gasteiger partial charge is 0.309 e. The molecule has 0 unspecified atom stereocenters. The van der Waals surface area contributed by atoms with E-state index in [1.165, 1.54) is 32.9 Å². The lowest BCUT2D eigenvalue weighted by Gasteiger charge is -2.19. The van der Waals surface area contributed by atoms with Gasteiger partial charge in [0.05, 0.1) is 11.0 Å². The Morgan fingerprint density at radius 1 is 0.629 bits per heavy atom. The van der Waals surface area contributed by atoms with Gasteiger partial charge in [-0.2, -0.15) is 0 Å². The third kappa shape index (κ3) is 4.47. The predicted octanol–water partition coefficient (Wildman–Crippen LogP) is 8.17. The molecule has 5 rings (SSSR count). The van der Waals surface area contributed by atoms with Crippen LogP contribution in [0.25, 0.3) is 27.5 Å². The summed E-state index contributed by atoms with van der Waals surface area (Å²) in [6.07, 6.45) is 1.77. The van der Waals surface area contributed by atoms with Gasteiger partial charge in [-0.25, -0.2) is 4.98 Å². The van der Waals surface area contributed by atoms with Crippen molar-refractivity contribution in [1.29, 1.82) is 0 Å². The second-order valence-corrected chi connectivity index (χ2v) is 11.3. The molecule has 0 aliphatic carbocycles. The summed E-state index contributed by atoms with van der Waals surface area (Å²) in [7, 11) is 0. The lowest BCUT2D eigenvalue weighted by Crippen LogP contribution is -2.10. The smallest absolute Gasteiger partial charge is 0.113 e. The molecule has 0 atom stereocenters. The van der Waals surface area contributed by atoms with Crippen molar-refractivity contribution in [2.45, 2.75) is 52.4 Å². The Hall–Kier alpha value is -3.83. The molecule has 2 aromatic heterocycles. The van der Waals surface area contributed by atoms with Gasteiger partial charge >= 0.3 is 0 Å². The molecule has 174 valence electrons. The fraction of sp³-hybridized carbons (Fsp3) is 0.242. The van der Waals surface area contributed by atoms with Crippen LogP contribution in [0.15, 0.2) is 85.1 Å². The van der Waals surface area contributed by atoms with E-state index < -0.39 is 0 Å². The summed E-state index contributed by atoms with van der Waals surface area (Å²) in [5.74, 6) is 6.38. The first-order valence-electron chi connectivity index (χ1n) is 12.2. The third-order valence-electron chi connectivity index (χ3n) is 6.62. The van der Waals surface area contributed by atoms with Crippen molar-refractivity contribution in [3.8, 4) is 17.5 Å². The van der Waals surface area contributed by atoms with Crippen molar-refractivity contribution in [2.75, 3.05) is 0 Å². The molecule has 2 heterocycles. The van der Waals surface area contributed by atoms with Gasteiger partial charge in [0.15, 0.2) is 0 Å². The molecule has 0 saturated carbocycles. The van der Waals surface area contributed by atoms with Crippen molar-refractivity contribution >= 4 is 21.8 Å². The average Bonchev–Trinajstić information content (AvgIpc) is 3.16. The highest BCUT2D eigenvalue weighted by Gasteiger charge is 2.20. The molecule has 2 heteroatoms. The van der Waals surface area contributed by atoms with Gasteiger partial charge in [0.2, 0.25) is 0 Å². The summed E-state index contributed by atoms with van der Waals surface area (Å²) >= 11 is 0. The first-order chi connectivity index (χ1) is 16.6. The van der Waals surface area contributed by atoms with E-state index in [1.807, 2.05) is 18.2 Å². The summed E-state index contributed by atoms with van der Waals surface area (Å²) in [6.45, 7) is 13.7. The van der Waals surface area contributed by atoms with Gasteiger partial charge in [-0.3, -0.25) is 0 Å². The van der Waals surface area contributed by atoms with E-state index in [-0.39, 0.29) is 10.8 Å². The Kier molecular flexibility index (Phi) is 5.53. The molecular weight excluding hydrogens is 424 g/mol. The van der Waals surface area contributed by atoms with E-state index in [4.69, 9.17) is 0 Å². The van der Waals surface area contributed by atoms with Crippen LogP contribution in [0.4, 0.5) is 0 Å². The minimum atomic E-state index is 0.0954. The number of rotatable bonds is 1. The van der Waals surface area contributed by atoms with Gasteiger partial charge in [0, 0.05) is 28.2 Å². The number of aromatic nitrogens is 2. The van der Waals surface area contributed by atoms with Crippen LogP contribution < -0.4 is 0 Å². The van der Waals surface area contributed by atoms with Crippen LogP contribution in [-0.4, -0.2) is 9.55 Å². The summed E-state index contributed by atoms with van der Waals surface area (Å²) in [6, 6.07) is 28.2. The highest BCUT2D eigenvalue weighted by Crippen LogP contribution is 2.37. The Bertz CT molecular complexity index is 1510. The normalized spacial score (nSPS) is 12.1. The summed E-state index contributed by atoms with van der Waals surface area (Å²) in [4.78, 5) is 4.29. The van der Waals surface area contributed by atoms with E-state index in [0.717, 1.165) is 16.9 Å². The van der Waals surface area contributed by atoms with Crippen LogP contribution in [0.2, 0.25) is 0 Å². The van der Waals surface area contributed by atoms with E-state index in [1.54, 1.807) is 6.20 Å². The quantitative estimate of drug-likeness (QED) is 0.233. The Labute approximate surface area is 208 Å². The number of pyridine rings is 1. The first kappa shape index (κ1) is 22.9. The molecule has 0 spiro atoms. The molecule has 3 aromatic carbocycles. The lowest BCUT2D eigenvalue weighted by molar-refractivity contribution is 0.590. The zero-order valence-electron chi connectivity index (χ0n) is 21.5. The standard InChI is InChI=1S/C33H32N2/c1-32(2,3)24-13-18-30-28(21-24)29-22-25(33(4,5)6)14-19-31(29)35(30)27-16-11-23(12-17-27)10-15-26-9-7-8-20-34-26/h7-9,11-14,16-22H,1-6H3. The maximum atomic E-state index is 4.29. The van der Waals surface area contributed by atoms with E-state index in [9.17, 15) is 0 Å². The highest BCUT2D eigenvalue weighted by molar-refractivity contribution is 6.09. The van der Waals surface area contributed by atoms with Gasteiger partial charge in [0.1, 0.15) is 5.69 Å². The van der Waals surface area contributed by atoms with Crippen molar-refractivity contribution in [2.24, 2.45) is 0 Å². The molecule has 2 nitrogen and oxygen atoms in total. The molecular formula is C33H32N2. The SMILES string of the molecule is CC(C)(C)c1ccc2c(c1)c1cc(C(C)(C)C)ccc1n2-c1ccc(C#Cc2ccccn2)cc1. The monoisotopic (exact) mass is 456 g/mol. The van der Waals surface area contributed by atoms with Gasteiger partial charge in [-0.1, -0.05) is 65.7 Å². The third-order valence-corrected chi connectivity index (χ3v) is 6.62. The molecule has 0 radical (unpaired) electrons. The number of benzene rings is 3. The minimum absolute atomic E-state index is 0.0954. The summed E-state index contributed by atoms with van der Waals surface area (Å²) < 4.78 is 2.37. The van der Waals surface area contributed by atoms with Crippen LogP contribution in [0.3, 0.4) is 0 Å². The van der Waals surface area contributed by atoms with Crippen molar-refractivity contribution < 1.29 is 0 Å². The fourth-order valence-electron chi connectivity index (χ4n) is 4.50. The first-order valence-corrected chi connectivity index (χ1v) is 12.2. The molecule has 0 N–H and O–H groups in total. The number of nitrogens with zero attached hydrogens (tertiary/aromatic N) is 2. The summed E-state index contributed by atoms with van der Waals surface area (Å²) in [5, 5.41) is 2.61. The zero-order valence-corrected chi connectivity index (χ0v) is 21.5. The average molecular weight is 457 g/mol. The second-order valence-electron chi connectivity index (χ2n) is 11.3. The zero-order chi connectivity index (χ0) is 24.8. The predicted molar refractivity (Wildman–Crippen MR) is 148 cm³/mol. The van der Waals surface area contributed by atoms with Crippen LogP contribution in [0, 0.1) is 11.8 Å². The minimum Gasteiger partial charge on any atom is -0.309 e. The molecule has 0 aliphatic rings. The van der Waals surface area contributed by atoms with Gasteiger partial charge in [0.25, 0.3) is 0 Å². The Balaban J connectivity index is 1.67. The Morgan fingerprint density at radius 3 is 1.69 bits per heavy atom. The molecule has 0 amide bonds. The molecule has 0 bridgehead atoms. The van der Waals surface area contributed by atoms with Crippen LogP contribution in [0.1, 0.15) is 63.9 Å². The van der Waals surface area contributed by atoms with Crippen molar-refractivity contribution in [3.05, 3.63) is 107 Å². The number of fused-ring (bicyclic) bond motifs is 3. The lowest BCUT2D eigenvalue weighted by atomic mass is 9.85. The molecule has 35 heavy (non-hydrogen) atoms. The van der Waals surface area contributed by atoms with Crippen LogP contribution >= 0.6 is 0 Å². The Morgan fingerprint density at radius 2 is 1.20 bits per heavy atom. The number of hydrogen-bond acceptors (Lipinski definition) is 1. The van der Waals surface area contributed by atoms with Crippen LogP contribution in [-0.2, 0) is 10.8 Å². The van der Waals surface area contributed by atoms with E-state index in [2.05, 4.69) is 124 Å². The van der Waals surface area contributed by atoms with E-state index >= 15 is 0 Å². The van der Waals surface area contributed by atoms with E-state index in [0.29, 0.717) is 0 Å². The van der Waals surface area contributed by atoms with Crippen molar-refractivity contribution in [1.82, 2.24) is 9.55 Å².